The normalized spacial score (nSPS) is 15.8. The van der Waals surface area contributed by atoms with Crippen LogP contribution in [-0.4, -0.2) is 34.4 Å². The number of hydrogen-bond acceptors (Lipinski definition) is 6. The molecule has 2 amide bonds. The highest BCUT2D eigenvalue weighted by atomic mass is 32.2. The molecular weight excluding hydrogens is 436 g/mol. The molecule has 1 aromatic heterocycles. The minimum Gasteiger partial charge on any atom is -0.494 e. The lowest BCUT2D eigenvalue weighted by Crippen LogP contribution is -2.31. The van der Waals surface area contributed by atoms with Crippen molar-refractivity contribution >= 4 is 35.0 Å². The van der Waals surface area contributed by atoms with Crippen LogP contribution in [0.25, 0.3) is 0 Å². The molecular formula is C26H32N2O4S. The number of aryl methyl sites for hydroxylation is 1. The predicted octanol–water partition coefficient (Wildman–Crippen LogP) is 5.62. The molecule has 0 spiro atoms. The molecule has 6 nitrogen and oxygen atoms in total. The molecule has 2 aromatic rings. The van der Waals surface area contributed by atoms with Gasteiger partial charge in [-0.3, -0.25) is 14.4 Å². The van der Waals surface area contributed by atoms with Crippen LogP contribution in [0.5, 0.6) is 5.75 Å². The van der Waals surface area contributed by atoms with Crippen LogP contribution >= 0.6 is 11.8 Å². The van der Waals surface area contributed by atoms with Crippen molar-refractivity contribution in [2.45, 2.75) is 76.0 Å². The zero-order valence-corrected chi connectivity index (χ0v) is 20.5. The fraction of sp³-hybridized carbons (Fsp3) is 0.462. The fourth-order valence-electron chi connectivity index (χ4n) is 3.71. The van der Waals surface area contributed by atoms with Crippen LogP contribution in [0.1, 0.15) is 75.3 Å². The summed E-state index contributed by atoms with van der Waals surface area (Å²) in [6.07, 6.45) is 5.16. The van der Waals surface area contributed by atoms with Crippen LogP contribution < -0.4 is 9.64 Å². The molecule has 1 fully saturated rings. The Morgan fingerprint density at radius 1 is 1.06 bits per heavy atom. The molecule has 3 rings (SSSR count). The van der Waals surface area contributed by atoms with Gasteiger partial charge >= 0.3 is 0 Å². The van der Waals surface area contributed by atoms with E-state index in [1.807, 2.05) is 26.0 Å². The number of rotatable bonds is 12. The average Bonchev–Trinajstić information content (AvgIpc) is 3.09. The minimum absolute atomic E-state index is 0.0361. The predicted molar refractivity (Wildman–Crippen MR) is 131 cm³/mol. The van der Waals surface area contributed by atoms with E-state index in [9.17, 15) is 14.4 Å². The number of carbonyl (C=O) groups is 3. The highest BCUT2D eigenvalue weighted by molar-refractivity contribution is 8.00. The zero-order chi connectivity index (χ0) is 23.8. The highest BCUT2D eigenvalue weighted by Gasteiger charge is 2.41. The number of ether oxygens (including phenoxy) is 1. The van der Waals surface area contributed by atoms with Crippen molar-refractivity contribution in [2.75, 3.05) is 11.5 Å². The van der Waals surface area contributed by atoms with Crippen molar-refractivity contribution < 1.29 is 19.1 Å². The molecule has 7 heteroatoms. The Bertz CT molecular complexity index is 990. The van der Waals surface area contributed by atoms with Gasteiger partial charge in [-0.15, -0.1) is 0 Å². The molecule has 1 atom stereocenters. The van der Waals surface area contributed by atoms with Crippen LogP contribution in [-0.2, 0) is 16.0 Å². The second-order valence-corrected chi connectivity index (χ2v) is 9.28. The third kappa shape index (κ3) is 6.22. The first-order valence-electron chi connectivity index (χ1n) is 11.8. The van der Waals surface area contributed by atoms with Crippen molar-refractivity contribution in [1.82, 2.24) is 4.98 Å². The first-order chi connectivity index (χ1) is 16.0. The molecule has 0 radical (unpaired) electrons. The molecule has 0 saturated carbocycles. The summed E-state index contributed by atoms with van der Waals surface area (Å²) in [7, 11) is 0. The molecule has 33 heavy (non-hydrogen) atoms. The second-order valence-electron chi connectivity index (χ2n) is 8.09. The van der Waals surface area contributed by atoms with Crippen LogP contribution in [0.3, 0.4) is 0 Å². The number of carbonyl (C=O) groups excluding carboxylic acids is 3. The fourth-order valence-corrected chi connectivity index (χ4v) is 4.89. The van der Waals surface area contributed by atoms with E-state index in [0.29, 0.717) is 35.1 Å². The number of unbranched alkanes of at least 4 members (excludes halogenated alkanes) is 2. The van der Waals surface area contributed by atoms with E-state index >= 15 is 0 Å². The third-order valence-corrected chi connectivity index (χ3v) is 6.71. The Balaban J connectivity index is 1.82. The van der Waals surface area contributed by atoms with Gasteiger partial charge in [0.05, 0.1) is 17.5 Å². The number of amides is 2. The van der Waals surface area contributed by atoms with Crippen molar-refractivity contribution in [3.05, 3.63) is 47.7 Å². The first-order valence-corrected chi connectivity index (χ1v) is 12.7. The lowest BCUT2D eigenvalue weighted by Gasteiger charge is -2.16. The SMILES string of the molecule is CCCCC(=O)c1ccc(CCCC)nc1S[C@@H]1CC(=O)N(c2ccc(OCC)cc2)C1=O. The number of nitrogens with zero attached hydrogens (tertiary/aromatic N) is 2. The number of hydrogen-bond donors (Lipinski definition) is 0. The molecule has 176 valence electrons. The van der Waals surface area contributed by atoms with Gasteiger partial charge in [0.15, 0.2) is 5.78 Å². The van der Waals surface area contributed by atoms with E-state index in [2.05, 4.69) is 6.92 Å². The molecule has 1 aliphatic rings. The van der Waals surface area contributed by atoms with Gasteiger partial charge in [0.2, 0.25) is 11.8 Å². The maximum absolute atomic E-state index is 13.2. The summed E-state index contributed by atoms with van der Waals surface area (Å²) in [4.78, 5) is 44.7. The molecule has 2 heterocycles. The Labute approximate surface area is 200 Å². The summed E-state index contributed by atoms with van der Waals surface area (Å²) in [5, 5.41) is -0.0416. The molecule has 1 aliphatic heterocycles. The monoisotopic (exact) mass is 468 g/mol. The van der Waals surface area contributed by atoms with Gasteiger partial charge in [0.25, 0.3) is 0 Å². The van der Waals surface area contributed by atoms with Gasteiger partial charge in [-0.2, -0.15) is 0 Å². The van der Waals surface area contributed by atoms with Gasteiger partial charge in [0, 0.05) is 24.1 Å². The summed E-state index contributed by atoms with van der Waals surface area (Å²) in [5.41, 5.74) is 1.99. The Hall–Kier alpha value is -2.67. The van der Waals surface area contributed by atoms with Crippen LogP contribution in [0, 0.1) is 0 Å². The summed E-state index contributed by atoms with van der Waals surface area (Å²) in [5.74, 6) is 0.202. The number of ketones is 1. The Morgan fingerprint density at radius 3 is 2.45 bits per heavy atom. The van der Waals surface area contributed by atoms with Gasteiger partial charge in [-0.1, -0.05) is 38.5 Å². The number of pyridine rings is 1. The van der Waals surface area contributed by atoms with Gasteiger partial charge in [0.1, 0.15) is 10.8 Å². The molecule has 1 saturated heterocycles. The van der Waals surface area contributed by atoms with Crippen molar-refractivity contribution in [3.63, 3.8) is 0 Å². The summed E-state index contributed by atoms with van der Waals surface area (Å²) in [6.45, 7) is 6.61. The third-order valence-electron chi connectivity index (χ3n) is 5.53. The number of aromatic nitrogens is 1. The largest absolute Gasteiger partial charge is 0.494 e. The number of Topliss-reactive ketones (excluding diaryl/α,β-unsaturated/α-hetero) is 1. The molecule has 1 aromatic carbocycles. The van der Waals surface area contributed by atoms with Crippen LogP contribution in [0.4, 0.5) is 5.69 Å². The summed E-state index contributed by atoms with van der Waals surface area (Å²) in [6, 6.07) is 10.7. The topological polar surface area (TPSA) is 76.6 Å². The van der Waals surface area contributed by atoms with Crippen molar-refractivity contribution in [3.8, 4) is 5.75 Å². The smallest absolute Gasteiger partial charge is 0.247 e. The lowest BCUT2D eigenvalue weighted by atomic mass is 10.1. The van der Waals surface area contributed by atoms with E-state index in [1.165, 1.54) is 16.7 Å². The first kappa shape index (κ1) is 25.0. The lowest BCUT2D eigenvalue weighted by molar-refractivity contribution is -0.121. The average molecular weight is 469 g/mol. The van der Waals surface area contributed by atoms with Gasteiger partial charge in [-0.05, 0) is 62.6 Å². The Kier molecular flexibility index (Phi) is 9.06. The second kappa shape index (κ2) is 12.0. The van der Waals surface area contributed by atoms with Crippen molar-refractivity contribution in [1.29, 1.82) is 0 Å². The van der Waals surface area contributed by atoms with Crippen LogP contribution in [0.2, 0.25) is 0 Å². The maximum Gasteiger partial charge on any atom is 0.247 e. The van der Waals surface area contributed by atoms with Gasteiger partial charge < -0.3 is 4.74 Å². The highest BCUT2D eigenvalue weighted by Crippen LogP contribution is 2.35. The van der Waals surface area contributed by atoms with E-state index in [-0.39, 0.29) is 24.0 Å². The molecule has 0 unspecified atom stereocenters. The molecule has 0 bridgehead atoms. The standard InChI is InChI=1S/C26H32N2O4S/c1-4-7-9-18-11-16-21(22(29)10-8-5-2)25(27-18)33-23-17-24(30)28(26(23)31)19-12-14-20(15-13-19)32-6-3/h11-16,23H,4-10,17H2,1-3H3/t23-/m1/s1. The van der Waals surface area contributed by atoms with E-state index in [4.69, 9.17) is 9.72 Å². The number of imide groups is 1. The molecule has 0 N–H and O–H groups in total. The van der Waals surface area contributed by atoms with E-state index < -0.39 is 5.25 Å². The number of anilines is 1. The Morgan fingerprint density at radius 2 is 1.79 bits per heavy atom. The van der Waals surface area contributed by atoms with E-state index in [0.717, 1.165) is 37.8 Å². The minimum atomic E-state index is -0.601. The van der Waals surface area contributed by atoms with Crippen LogP contribution in [0.15, 0.2) is 41.4 Å². The summed E-state index contributed by atoms with van der Waals surface area (Å²) >= 11 is 1.24. The maximum atomic E-state index is 13.2. The molecule has 0 aliphatic carbocycles. The quantitative estimate of drug-likeness (QED) is 0.297. The van der Waals surface area contributed by atoms with Gasteiger partial charge in [-0.25, -0.2) is 9.88 Å². The zero-order valence-electron chi connectivity index (χ0n) is 19.6. The van der Waals surface area contributed by atoms with E-state index in [1.54, 1.807) is 24.3 Å². The number of thioether (sulfide) groups is 1. The van der Waals surface area contributed by atoms with Crippen molar-refractivity contribution in [2.24, 2.45) is 0 Å². The summed E-state index contributed by atoms with van der Waals surface area (Å²) < 4.78 is 5.45. The number of benzene rings is 1.